The van der Waals surface area contributed by atoms with E-state index in [2.05, 4.69) is 5.32 Å². The maximum atomic E-state index is 14.1. The lowest BCUT2D eigenvalue weighted by Crippen LogP contribution is -2.30. The third kappa shape index (κ3) is 3.25. The van der Waals surface area contributed by atoms with Crippen LogP contribution in [-0.2, 0) is 26.0 Å². The molecule has 1 aromatic carbocycles. The Morgan fingerprint density at radius 3 is 2.73 bits per heavy atom. The summed E-state index contributed by atoms with van der Waals surface area (Å²) in [5.41, 5.74) is 0.798. The summed E-state index contributed by atoms with van der Waals surface area (Å²) in [6, 6.07) is 2.17. The van der Waals surface area contributed by atoms with Crippen LogP contribution in [0, 0.1) is 5.82 Å². The van der Waals surface area contributed by atoms with Gasteiger partial charge in [-0.3, -0.25) is 9.59 Å². The van der Waals surface area contributed by atoms with Crippen LogP contribution in [0.25, 0.3) is 0 Å². The number of hydrogen-bond acceptors (Lipinski definition) is 4. The number of carbonyl (C=O) groups is 2. The van der Waals surface area contributed by atoms with Gasteiger partial charge in [0, 0.05) is 25.7 Å². The Labute approximate surface area is 126 Å². The largest absolute Gasteiger partial charge is 0.481 e. The summed E-state index contributed by atoms with van der Waals surface area (Å²) < 4.78 is 39.5. The number of amides is 1. The van der Waals surface area contributed by atoms with Gasteiger partial charge in [-0.15, -0.1) is 0 Å². The zero-order chi connectivity index (χ0) is 16.5. The molecule has 2 N–H and O–H groups in total. The molecule has 0 fully saturated rings. The van der Waals surface area contributed by atoms with E-state index in [9.17, 15) is 22.4 Å². The Hall–Kier alpha value is -2.00. The Morgan fingerprint density at radius 2 is 2.09 bits per heavy atom. The molecular weight excluding hydrogens is 315 g/mol. The number of fused-ring (bicyclic) bond motifs is 1. The smallest absolute Gasteiger partial charge is 0.304 e. The molecule has 0 aromatic heterocycles. The van der Waals surface area contributed by atoms with Gasteiger partial charge in [0.15, 0.2) is 0 Å². The van der Waals surface area contributed by atoms with E-state index in [4.69, 9.17) is 5.11 Å². The minimum atomic E-state index is -4.13. The van der Waals surface area contributed by atoms with E-state index in [0.29, 0.717) is 12.0 Å². The summed E-state index contributed by atoms with van der Waals surface area (Å²) in [5, 5.41) is 11.1. The topological polar surface area (TPSA) is 104 Å². The van der Waals surface area contributed by atoms with Gasteiger partial charge in [-0.2, -0.15) is 0 Å². The van der Waals surface area contributed by atoms with E-state index in [-0.39, 0.29) is 31.0 Å². The first-order chi connectivity index (χ1) is 10.2. The van der Waals surface area contributed by atoms with Crippen LogP contribution in [0.2, 0.25) is 0 Å². The highest BCUT2D eigenvalue weighted by Gasteiger charge is 2.27. The van der Waals surface area contributed by atoms with Crippen LogP contribution in [0.5, 0.6) is 0 Å². The van der Waals surface area contributed by atoms with E-state index in [1.807, 2.05) is 0 Å². The zero-order valence-corrected chi connectivity index (χ0v) is 12.6. The molecule has 1 aliphatic heterocycles. The van der Waals surface area contributed by atoms with E-state index in [0.717, 1.165) is 10.4 Å². The number of nitrogens with zero attached hydrogens (tertiary/aromatic N) is 1. The highest BCUT2D eigenvalue weighted by molar-refractivity contribution is 7.89. The summed E-state index contributed by atoms with van der Waals surface area (Å²) in [4.78, 5) is 21.3. The number of carbonyl (C=O) groups excluding carboxylic acids is 1. The van der Waals surface area contributed by atoms with Crippen LogP contribution >= 0.6 is 0 Å². The molecule has 0 radical (unpaired) electrons. The van der Waals surface area contributed by atoms with Gasteiger partial charge in [0.2, 0.25) is 15.9 Å². The molecular formula is C13H15FN2O5S. The van der Waals surface area contributed by atoms with Gasteiger partial charge in [-0.1, -0.05) is 0 Å². The summed E-state index contributed by atoms with van der Waals surface area (Å²) >= 11 is 0. The maximum Gasteiger partial charge on any atom is 0.304 e. The molecule has 0 aliphatic carbocycles. The van der Waals surface area contributed by atoms with Crippen molar-refractivity contribution >= 4 is 27.6 Å². The van der Waals surface area contributed by atoms with E-state index in [1.165, 1.54) is 13.1 Å². The van der Waals surface area contributed by atoms with Crippen molar-refractivity contribution in [1.82, 2.24) is 4.31 Å². The number of carboxylic acid groups (broad SMARTS) is 1. The Balaban J connectivity index is 2.35. The summed E-state index contributed by atoms with van der Waals surface area (Å²) in [5.74, 6) is -2.38. The van der Waals surface area contributed by atoms with Crippen LogP contribution < -0.4 is 5.32 Å². The van der Waals surface area contributed by atoms with Crippen molar-refractivity contribution in [2.45, 2.75) is 24.2 Å². The molecule has 9 heteroatoms. The molecule has 1 aliphatic rings. The Morgan fingerprint density at radius 1 is 1.41 bits per heavy atom. The summed E-state index contributed by atoms with van der Waals surface area (Å²) in [6.45, 7) is -0.259. The zero-order valence-electron chi connectivity index (χ0n) is 11.8. The molecule has 1 amide bonds. The van der Waals surface area contributed by atoms with Crippen LogP contribution in [0.4, 0.5) is 10.1 Å². The second kappa shape index (κ2) is 6.01. The predicted molar refractivity (Wildman–Crippen MR) is 75.4 cm³/mol. The van der Waals surface area contributed by atoms with E-state index >= 15 is 0 Å². The minimum Gasteiger partial charge on any atom is -0.481 e. The van der Waals surface area contributed by atoms with Crippen LogP contribution in [0.3, 0.4) is 0 Å². The first-order valence-electron chi connectivity index (χ1n) is 6.52. The highest BCUT2D eigenvalue weighted by atomic mass is 32.2. The molecule has 0 unspecified atom stereocenters. The van der Waals surface area contributed by atoms with Gasteiger partial charge < -0.3 is 10.4 Å². The van der Waals surface area contributed by atoms with Crippen LogP contribution in [0.1, 0.15) is 18.4 Å². The Bertz CT molecular complexity index is 732. The summed E-state index contributed by atoms with van der Waals surface area (Å²) in [7, 11) is -2.94. The molecule has 0 saturated heterocycles. The van der Waals surface area contributed by atoms with Crippen molar-refractivity contribution < 1.29 is 27.5 Å². The average molecular weight is 330 g/mol. The van der Waals surface area contributed by atoms with Crippen molar-refractivity contribution in [2.24, 2.45) is 0 Å². The molecule has 22 heavy (non-hydrogen) atoms. The number of carboxylic acids is 1. The normalized spacial score (nSPS) is 14.6. The number of sulfonamides is 1. The minimum absolute atomic E-state index is 0.201. The number of nitrogens with one attached hydrogen (secondary N) is 1. The van der Waals surface area contributed by atoms with E-state index < -0.39 is 26.7 Å². The van der Waals surface area contributed by atoms with Gasteiger partial charge in [0.05, 0.1) is 6.42 Å². The SMILES string of the molecule is CN(CCC(=O)O)S(=O)(=O)c1cc2c(cc1F)NC(=O)CC2. The first kappa shape index (κ1) is 16.4. The van der Waals surface area contributed by atoms with Crippen LogP contribution in [0.15, 0.2) is 17.0 Å². The molecule has 0 atom stereocenters. The number of aryl methyl sites for hydroxylation is 1. The molecule has 0 spiro atoms. The molecule has 120 valence electrons. The maximum absolute atomic E-state index is 14.1. The number of halogens is 1. The lowest BCUT2D eigenvalue weighted by atomic mass is 10.0. The van der Waals surface area contributed by atoms with E-state index in [1.54, 1.807) is 0 Å². The van der Waals surface area contributed by atoms with Gasteiger partial charge in [0.25, 0.3) is 0 Å². The fourth-order valence-corrected chi connectivity index (χ4v) is 3.38. The lowest BCUT2D eigenvalue weighted by Gasteiger charge is -2.21. The quantitative estimate of drug-likeness (QED) is 0.831. The third-order valence-electron chi connectivity index (χ3n) is 3.38. The average Bonchev–Trinajstić information content (AvgIpc) is 2.43. The van der Waals surface area contributed by atoms with Crippen molar-refractivity contribution in [3.63, 3.8) is 0 Å². The van der Waals surface area contributed by atoms with Crippen molar-refractivity contribution in [2.75, 3.05) is 18.9 Å². The molecule has 0 saturated carbocycles. The molecule has 1 aromatic rings. The van der Waals surface area contributed by atoms with Crippen molar-refractivity contribution in [3.05, 3.63) is 23.5 Å². The number of benzene rings is 1. The Kier molecular flexibility index (Phi) is 4.47. The monoisotopic (exact) mass is 330 g/mol. The first-order valence-corrected chi connectivity index (χ1v) is 7.96. The van der Waals surface area contributed by atoms with Crippen molar-refractivity contribution in [3.8, 4) is 0 Å². The molecule has 7 nitrogen and oxygen atoms in total. The number of anilines is 1. The lowest BCUT2D eigenvalue weighted by molar-refractivity contribution is -0.137. The molecule has 2 rings (SSSR count). The molecule has 0 bridgehead atoms. The van der Waals surface area contributed by atoms with Crippen molar-refractivity contribution in [1.29, 1.82) is 0 Å². The van der Waals surface area contributed by atoms with Gasteiger partial charge in [0.1, 0.15) is 10.7 Å². The van der Waals surface area contributed by atoms with Gasteiger partial charge in [-0.05, 0) is 24.1 Å². The standard InChI is InChI=1S/C13H15FN2O5S/c1-16(5-4-13(18)19)22(20,21)11-6-8-2-3-12(17)15-10(8)7-9(11)14/h6-7H,2-5H2,1H3,(H,15,17)(H,18,19). The third-order valence-corrected chi connectivity index (χ3v) is 5.25. The van der Waals surface area contributed by atoms with Gasteiger partial charge >= 0.3 is 5.97 Å². The predicted octanol–water partition coefficient (Wildman–Crippen LogP) is 0.806. The number of hydrogen-bond donors (Lipinski definition) is 2. The molecule has 1 heterocycles. The summed E-state index contributed by atoms with van der Waals surface area (Å²) in [6.07, 6.45) is 0.147. The van der Waals surface area contributed by atoms with Gasteiger partial charge in [-0.25, -0.2) is 17.1 Å². The highest BCUT2D eigenvalue weighted by Crippen LogP contribution is 2.29. The fraction of sp³-hybridized carbons (Fsp3) is 0.385. The second-order valence-corrected chi connectivity index (χ2v) is 6.97. The second-order valence-electron chi connectivity index (χ2n) is 4.96. The van der Waals surface area contributed by atoms with Crippen LogP contribution in [-0.4, -0.2) is 43.3 Å². The number of aliphatic carboxylic acids is 1. The number of rotatable bonds is 5. The fourth-order valence-electron chi connectivity index (χ4n) is 2.12.